The Labute approximate surface area is 93.0 Å². The van der Waals surface area contributed by atoms with E-state index in [4.69, 9.17) is 0 Å². The summed E-state index contributed by atoms with van der Waals surface area (Å²) in [6.07, 6.45) is 3.15. The Morgan fingerprint density at radius 2 is 2.06 bits per heavy atom. The zero-order chi connectivity index (χ0) is 11.6. The van der Waals surface area contributed by atoms with Gasteiger partial charge in [0.25, 0.3) is 0 Å². The second-order valence-electron chi connectivity index (χ2n) is 3.70. The van der Waals surface area contributed by atoms with E-state index in [9.17, 15) is 12.8 Å². The molecule has 1 aromatic heterocycles. The first-order valence-electron chi connectivity index (χ1n) is 5.03. The van der Waals surface area contributed by atoms with Crippen LogP contribution in [0.25, 0.3) is 0 Å². The van der Waals surface area contributed by atoms with E-state index in [2.05, 4.69) is 15.3 Å². The average Bonchev–Trinajstić information content (AvgIpc) is 2.31. The van der Waals surface area contributed by atoms with E-state index in [1.54, 1.807) is 0 Å². The summed E-state index contributed by atoms with van der Waals surface area (Å²) in [7, 11) is -3.53. The van der Waals surface area contributed by atoms with Gasteiger partial charge in [-0.1, -0.05) is 0 Å². The van der Waals surface area contributed by atoms with Crippen molar-refractivity contribution in [3.05, 3.63) is 18.2 Å². The van der Waals surface area contributed by atoms with Gasteiger partial charge in [0, 0.05) is 6.54 Å². The highest BCUT2D eigenvalue weighted by Crippen LogP contribution is 2.17. The van der Waals surface area contributed by atoms with Crippen LogP contribution in [0.1, 0.15) is 12.8 Å². The molecule has 88 valence electrons. The van der Waals surface area contributed by atoms with Crippen LogP contribution in [-0.2, 0) is 9.84 Å². The van der Waals surface area contributed by atoms with Gasteiger partial charge in [0.1, 0.15) is 0 Å². The summed E-state index contributed by atoms with van der Waals surface area (Å²) in [4.78, 5) is 7.05. The minimum absolute atomic E-state index is 0.289. The normalized spacial score (nSPS) is 21.9. The summed E-state index contributed by atoms with van der Waals surface area (Å²) in [6.45, 7) is 1.24. The molecule has 1 aliphatic heterocycles. The van der Waals surface area contributed by atoms with Gasteiger partial charge in [0.2, 0.25) is 15.0 Å². The summed E-state index contributed by atoms with van der Waals surface area (Å²) < 4.78 is 36.6. The van der Waals surface area contributed by atoms with Gasteiger partial charge in [-0.3, -0.25) is 0 Å². The molecule has 1 aliphatic rings. The van der Waals surface area contributed by atoms with Crippen molar-refractivity contribution in [3.63, 3.8) is 0 Å². The van der Waals surface area contributed by atoms with Gasteiger partial charge in [-0.05, 0) is 19.4 Å². The quantitative estimate of drug-likeness (QED) is 0.750. The molecule has 0 radical (unpaired) electrons. The van der Waals surface area contributed by atoms with Gasteiger partial charge in [0.15, 0.2) is 5.82 Å². The highest BCUT2D eigenvalue weighted by Gasteiger charge is 2.31. The summed E-state index contributed by atoms with van der Waals surface area (Å²) >= 11 is 0. The molecular weight excluding hydrogens is 233 g/mol. The fourth-order valence-corrected chi connectivity index (χ4v) is 3.19. The lowest BCUT2D eigenvalue weighted by molar-refractivity contribution is 0.492. The average molecular weight is 245 g/mol. The first-order valence-corrected chi connectivity index (χ1v) is 6.57. The molecular formula is C9H12FN3O2S. The number of halogens is 1. The van der Waals surface area contributed by atoms with E-state index >= 15 is 0 Å². The third-order valence-electron chi connectivity index (χ3n) is 2.54. The van der Waals surface area contributed by atoms with Crippen molar-refractivity contribution in [2.75, 3.05) is 13.1 Å². The number of aromatic nitrogens is 2. The van der Waals surface area contributed by atoms with Crippen molar-refractivity contribution in [2.45, 2.75) is 23.2 Å². The van der Waals surface area contributed by atoms with E-state index in [0.29, 0.717) is 13.0 Å². The van der Waals surface area contributed by atoms with E-state index in [1.807, 2.05) is 0 Å². The van der Waals surface area contributed by atoms with Crippen molar-refractivity contribution in [2.24, 2.45) is 0 Å². The Morgan fingerprint density at radius 1 is 1.38 bits per heavy atom. The zero-order valence-corrected chi connectivity index (χ0v) is 9.37. The molecule has 0 aliphatic carbocycles. The molecule has 0 aromatic carbocycles. The van der Waals surface area contributed by atoms with Gasteiger partial charge >= 0.3 is 0 Å². The minimum atomic E-state index is -3.53. The Hall–Kier alpha value is -1.08. The van der Waals surface area contributed by atoms with E-state index < -0.39 is 20.9 Å². The number of rotatable bonds is 2. The summed E-state index contributed by atoms with van der Waals surface area (Å²) in [5.41, 5.74) is 0. The molecule has 0 saturated carbocycles. The topological polar surface area (TPSA) is 72.0 Å². The molecule has 7 heteroatoms. The highest BCUT2D eigenvalue weighted by molar-refractivity contribution is 7.91. The molecule has 1 unspecified atom stereocenters. The first kappa shape index (κ1) is 11.4. The third kappa shape index (κ3) is 2.19. The lowest BCUT2D eigenvalue weighted by Gasteiger charge is -2.21. The van der Waals surface area contributed by atoms with Crippen LogP contribution in [0.3, 0.4) is 0 Å². The van der Waals surface area contributed by atoms with E-state index in [-0.39, 0.29) is 5.16 Å². The summed E-state index contributed by atoms with van der Waals surface area (Å²) in [5, 5.41) is 2.22. The Balaban J connectivity index is 2.27. The summed E-state index contributed by atoms with van der Waals surface area (Å²) in [6, 6.07) is 0. The van der Waals surface area contributed by atoms with E-state index in [1.165, 1.54) is 0 Å². The molecule has 1 N–H and O–H groups in total. The smallest absolute Gasteiger partial charge is 0.247 e. The maximum Gasteiger partial charge on any atom is 0.247 e. The van der Waals surface area contributed by atoms with Gasteiger partial charge in [-0.2, -0.15) is 0 Å². The molecule has 5 nitrogen and oxygen atoms in total. The Morgan fingerprint density at radius 3 is 2.62 bits per heavy atom. The van der Waals surface area contributed by atoms with Gasteiger partial charge in [-0.15, -0.1) is 0 Å². The second-order valence-corrected chi connectivity index (χ2v) is 5.82. The molecule has 1 saturated heterocycles. The third-order valence-corrected chi connectivity index (χ3v) is 4.54. The number of nitrogens with zero attached hydrogens (tertiary/aromatic N) is 2. The van der Waals surface area contributed by atoms with Crippen LogP contribution in [-0.4, -0.2) is 36.7 Å². The number of hydrogen-bond acceptors (Lipinski definition) is 5. The van der Waals surface area contributed by atoms with Crippen molar-refractivity contribution in [3.8, 4) is 0 Å². The number of piperidine rings is 1. The van der Waals surface area contributed by atoms with Gasteiger partial charge in [-0.25, -0.2) is 22.8 Å². The van der Waals surface area contributed by atoms with Crippen LogP contribution in [0, 0.1) is 5.82 Å². The highest BCUT2D eigenvalue weighted by atomic mass is 32.2. The maximum atomic E-state index is 12.6. The Kier molecular flexibility index (Phi) is 3.15. The lowest BCUT2D eigenvalue weighted by Crippen LogP contribution is -2.39. The molecule has 1 fully saturated rings. The lowest BCUT2D eigenvalue weighted by atomic mass is 10.2. The number of sulfone groups is 1. The largest absolute Gasteiger partial charge is 0.315 e. The molecule has 0 spiro atoms. The maximum absolute atomic E-state index is 12.6. The van der Waals surface area contributed by atoms with Crippen LogP contribution in [0.5, 0.6) is 0 Å². The van der Waals surface area contributed by atoms with Crippen LogP contribution < -0.4 is 5.32 Å². The molecule has 1 atom stereocenters. The SMILES string of the molecule is O=S(=O)(c1ncc(F)cn1)C1CCCNC1. The minimum Gasteiger partial charge on any atom is -0.315 e. The fraction of sp³-hybridized carbons (Fsp3) is 0.556. The molecule has 0 bridgehead atoms. The first-order chi connectivity index (χ1) is 7.60. The molecule has 1 aromatic rings. The van der Waals surface area contributed by atoms with Gasteiger partial charge < -0.3 is 5.32 Å². The van der Waals surface area contributed by atoms with Crippen LogP contribution >= 0.6 is 0 Å². The van der Waals surface area contributed by atoms with Crippen molar-refractivity contribution >= 4 is 9.84 Å². The predicted octanol–water partition coefficient (Wildman–Crippen LogP) is 0.141. The van der Waals surface area contributed by atoms with Crippen LogP contribution in [0.2, 0.25) is 0 Å². The number of nitrogens with one attached hydrogen (secondary N) is 1. The van der Waals surface area contributed by atoms with Crippen molar-refractivity contribution in [1.82, 2.24) is 15.3 Å². The Bertz CT molecular complexity index is 454. The van der Waals surface area contributed by atoms with Crippen molar-refractivity contribution in [1.29, 1.82) is 0 Å². The second kappa shape index (κ2) is 4.42. The van der Waals surface area contributed by atoms with Crippen LogP contribution in [0.4, 0.5) is 4.39 Å². The van der Waals surface area contributed by atoms with Gasteiger partial charge in [0.05, 0.1) is 17.6 Å². The fourth-order valence-electron chi connectivity index (χ4n) is 1.68. The monoisotopic (exact) mass is 245 g/mol. The standard InChI is InChI=1S/C9H12FN3O2S/c10-7-4-12-9(13-5-7)16(14,15)8-2-1-3-11-6-8/h4-5,8,11H,1-3,6H2. The zero-order valence-electron chi connectivity index (χ0n) is 8.56. The molecule has 2 heterocycles. The summed E-state index contributed by atoms with van der Waals surface area (Å²) in [5.74, 6) is -0.638. The molecule has 16 heavy (non-hydrogen) atoms. The van der Waals surface area contributed by atoms with Crippen LogP contribution in [0.15, 0.2) is 17.6 Å². The molecule has 2 rings (SSSR count). The number of hydrogen-bond donors (Lipinski definition) is 1. The van der Waals surface area contributed by atoms with Crippen molar-refractivity contribution < 1.29 is 12.8 Å². The predicted molar refractivity (Wildman–Crippen MR) is 55.1 cm³/mol. The molecule has 0 amide bonds. The van der Waals surface area contributed by atoms with E-state index in [0.717, 1.165) is 25.4 Å².